The number of carbonyl (C=O) groups is 4. The first-order valence-electron chi connectivity index (χ1n) is 21.9. The first-order chi connectivity index (χ1) is 30.4. The van der Waals surface area contributed by atoms with Gasteiger partial charge in [0.05, 0.1) is 47.3 Å². The minimum absolute atomic E-state index is 0.0230. The van der Waals surface area contributed by atoms with Gasteiger partial charge < -0.3 is 24.8 Å². The van der Waals surface area contributed by atoms with Crippen LogP contribution in [0.15, 0.2) is 53.7 Å². The van der Waals surface area contributed by atoms with Gasteiger partial charge in [-0.05, 0) is 86.9 Å². The van der Waals surface area contributed by atoms with E-state index in [0.717, 1.165) is 48.3 Å². The number of fused-ring (bicyclic) bond motifs is 9. The summed E-state index contributed by atoms with van der Waals surface area (Å²) in [5.74, 6) is -3.10. The smallest absolute Gasteiger partial charge is 0.280 e. The number of guanidine groups is 1. The second-order valence-electron chi connectivity index (χ2n) is 18.0. The second-order valence-corrected chi connectivity index (χ2v) is 18.0. The van der Waals surface area contributed by atoms with E-state index in [1.807, 2.05) is 23.8 Å². The minimum atomic E-state index is -1.06. The van der Waals surface area contributed by atoms with Crippen LogP contribution in [0.1, 0.15) is 78.5 Å². The summed E-state index contributed by atoms with van der Waals surface area (Å²) in [5, 5.41) is 10.0. The van der Waals surface area contributed by atoms with Crippen LogP contribution >= 0.6 is 0 Å². The summed E-state index contributed by atoms with van der Waals surface area (Å²) in [6.45, 7) is 8.13. The van der Waals surface area contributed by atoms with Crippen LogP contribution in [0.4, 0.5) is 25.8 Å². The Kier molecular flexibility index (Phi) is 10.5. The van der Waals surface area contributed by atoms with Crippen LogP contribution in [-0.4, -0.2) is 106 Å². The molecule has 6 aliphatic heterocycles. The molecule has 15 nitrogen and oxygen atoms in total. The van der Waals surface area contributed by atoms with Crippen LogP contribution in [0.5, 0.6) is 5.88 Å². The molecule has 4 amide bonds. The number of ether oxygens (including phenoxy) is 1. The molecule has 4 aromatic rings. The number of amides is 4. The fourth-order valence-electron chi connectivity index (χ4n) is 10.4. The zero-order valence-corrected chi connectivity index (χ0v) is 35.6. The largest absolute Gasteiger partial charge is 0.477 e. The summed E-state index contributed by atoms with van der Waals surface area (Å²) < 4.78 is 38.6. The van der Waals surface area contributed by atoms with E-state index in [1.165, 1.54) is 12.1 Å². The van der Waals surface area contributed by atoms with Gasteiger partial charge in [-0.1, -0.05) is 13.0 Å². The highest BCUT2D eigenvalue weighted by atomic mass is 19.1. The third-order valence-electron chi connectivity index (χ3n) is 13.6. The number of nitrogens with one attached hydrogen (secondary N) is 2. The summed E-state index contributed by atoms with van der Waals surface area (Å²) in [7, 11) is 1.83. The average molecular weight is 861 g/mol. The number of imide groups is 1. The van der Waals surface area contributed by atoms with Crippen molar-refractivity contribution in [1.82, 2.24) is 29.9 Å². The molecule has 2 aromatic carbocycles. The summed E-state index contributed by atoms with van der Waals surface area (Å²) in [6.07, 6.45) is 4.98. The Bertz CT molecular complexity index is 2560. The number of rotatable bonds is 5. The van der Waals surface area contributed by atoms with E-state index in [-0.39, 0.29) is 54.1 Å². The van der Waals surface area contributed by atoms with Gasteiger partial charge in [-0.3, -0.25) is 34.4 Å². The molecule has 0 saturated carbocycles. The molecule has 0 aliphatic carbocycles. The molecule has 17 heteroatoms. The van der Waals surface area contributed by atoms with Crippen LogP contribution in [0.3, 0.4) is 0 Å². The van der Waals surface area contributed by atoms with E-state index >= 15 is 8.78 Å². The van der Waals surface area contributed by atoms with Crippen molar-refractivity contribution in [2.75, 3.05) is 54.4 Å². The standard InChI is InChI=1S/C46H50F2N10O5/c1-25-5-4-12-63-45-34(19-49-54(45)3)38-15-29(13-26(2)50-38)42(60)53-46-51-37-8-6-27(14-39(37)58(46)20-25)21-56-23-32-16-31(56)24-57(32)44(62)28-10-11-55(22-28)30-17-35(47)41(36(48)18-30)33-7-9-40(59)52-43(33)61/h6,8,13-15,17-19,25,28,31-33H,4-5,7,9-12,16,20-24H2,1-3H3,(H,51,53,60)(H,52,59,61)/t25-,28-,31+,32+,33-/m1/s1. The second kappa shape index (κ2) is 16.2. The van der Waals surface area contributed by atoms with Crippen LogP contribution in [-0.2, 0) is 28.0 Å². The minimum Gasteiger partial charge on any atom is -0.477 e. The maximum absolute atomic E-state index is 15.3. The molecule has 5 atom stereocenters. The van der Waals surface area contributed by atoms with E-state index < -0.39 is 29.4 Å². The topological polar surface area (TPSA) is 158 Å². The Labute approximate surface area is 363 Å². The van der Waals surface area contributed by atoms with E-state index in [1.54, 1.807) is 23.0 Å². The molecule has 8 heterocycles. The lowest BCUT2D eigenvalue weighted by molar-refractivity contribution is -0.137. The maximum Gasteiger partial charge on any atom is 0.280 e. The van der Waals surface area contributed by atoms with Crippen LogP contribution in [0.25, 0.3) is 11.3 Å². The van der Waals surface area contributed by atoms with Crippen LogP contribution < -0.4 is 25.2 Å². The van der Waals surface area contributed by atoms with Crippen LogP contribution in [0, 0.1) is 30.4 Å². The number of pyridine rings is 1. The number of benzene rings is 2. The first kappa shape index (κ1) is 40.8. The van der Waals surface area contributed by atoms with Gasteiger partial charge in [-0.2, -0.15) is 10.1 Å². The number of aryl methyl sites for hydroxylation is 2. The number of aromatic nitrogens is 3. The van der Waals surface area contributed by atoms with E-state index in [9.17, 15) is 19.2 Å². The molecule has 2 aromatic heterocycles. The van der Waals surface area contributed by atoms with Gasteiger partial charge in [-0.25, -0.2) is 13.5 Å². The number of aliphatic imine (C=N–C) groups is 1. The number of piperazine rings is 1. The van der Waals surface area contributed by atoms with E-state index in [2.05, 4.69) is 55.6 Å². The van der Waals surface area contributed by atoms with Crippen molar-refractivity contribution >= 4 is 46.7 Å². The number of likely N-dealkylation sites (tertiary alicyclic amines) is 2. The molecule has 0 radical (unpaired) electrons. The summed E-state index contributed by atoms with van der Waals surface area (Å²) in [6, 6.07) is 12.6. The van der Waals surface area contributed by atoms with Gasteiger partial charge in [-0.15, -0.1) is 0 Å². The fraction of sp³-hybridized carbons (Fsp3) is 0.457. The molecular formula is C46H50F2N10O5. The molecule has 4 bridgehead atoms. The molecule has 63 heavy (non-hydrogen) atoms. The van der Waals surface area contributed by atoms with Gasteiger partial charge >= 0.3 is 0 Å². The van der Waals surface area contributed by atoms with Crippen molar-refractivity contribution < 1.29 is 32.7 Å². The van der Waals surface area contributed by atoms with Crippen molar-refractivity contribution in [3.8, 4) is 17.1 Å². The highest BCUT2D eigenvalue weighted by molar-refractivity contribution is 6.19. The van der Waals surface area contributed by atoms with Crippen molar-refractivity contribution in [2.24, 2.45) is 23.9 Å². The monoisotopic (exact) mass is 860 g/mol. The molecule has 2 N–H and O–H groups in total. The lowest BCUT2D eigenvalue weighted by Crippen LogP contribution is -2.50. The Hall–Kier alpha value is -6.23. The number of anilines is 3. The van der Waals surface area contributed by atoms with Gasteiger partial charge in [0.25, 0.3) is 5.91 Å². The summed E-state index contributed by atoms with van der Waals surface area (Å²) in [4.78, 5) is 69.5. The third-order valence-corrected chi connectivity index (χ3v) is 13.6. The summed E-state index contributed by atoms with van der Waals surface area (Å²) >= 11 is 0. The molecule has 6 aliphatic rings. The van der Waals surface area contributed by atoms with Crippen molar-refractivity contribution in [1.29, 1.82) is 0 Å². The maximum atomic E-state index is 15.3. The molecule has 4 fully saturated rings. The first-order valence-corrected chi connectivity index (χ1v) is 21.9. The van der Waals surface area contributed by atoms with Crippen molar-refractivity contribution in [3.63, 3.8) is 0 Å². The number of hydrogen-bond donors (Lipinski definition) is 2. The molecule has 4 saturated heterocycles. The Morgan fingerprint density at radius 2 is 1.78 bits per heavy atom. The Morgan fingerprint density at radius 1 is 0.952 bits per heavy atom. The SMILES string of the molecule is Cc1cc2cc(n1)-c1cnn(C)c1OCCC[C@@H](C)CN1/C(=N/C2=O)Nc2ccc(CN3C[C@@H]4C[C@H]3CN4C(=O)[C@@H]3CCN(c4cc(F)c([C@H]5CCC(=O)NC5=O)c(F)c4)C3)cc21. The lowest BCUT2D eigenvalue weighted by Gasteiger charge is -2.35. The molecule has 0 spiro atoms. The fourth-order valence-corrected chi connectivity index (χ4v) is 10.4. The zero-order valence-electron chi connectivity index (χ0n) is 35.6. The van der Waals surface area contributed by atoms with Gasteiger partial charge in [0, 0.05) is 87.3 Å². The molecule has 0 unspecified atom stereocenters. The molecule has 10 rings (SSSR count). The van der Waals surface area contributed by atoms with Gasteiger partial charge in [0.15, 0.2) is 0 Å². The predicted octanol–water partition coefficient (Wildman–Crippen LogP) is 5.14. The molecular weight excluding hydrogens is 811 g/mol. The number of nitrogens with zero attached hydrogens (tertiary/aromatic N) is 8. The van der Waals surface area contributed by atoms with Crippen molar-refractivity contribution in [3.05, 3.63) is 82.7 Å². The lowest BCUT2D eigenvalue weighted by atomic mass is 9.89. The van der Waals surface area contributed by atoms with Gasteiger partial charge in [0.1, 0.15) is 11.6 Å². The van der Waals surface area contributed by atoms with E-state index in [4.69, 9.17) is 9.72 Å². The average Bonchev–Trinajstić information content (AvgIpc) is 4.10. The quantitative estimate of drug-likeness (QED) is 0.256. The van der Waals surface area contributed by atoms with Gasteiger partial charge in [0.2, 0.25) is 29.6 Å². The highest BCUT2D eigenvalue weighted by Gasteiger charge is 2.47. The zero-order chi connectivity index (χ0) is 43.7. The number of hydrogen-bond acceptors (Lipinski definition) is 11. The number of halogens is 2. The normalized spacial score (nSPS) is 25.7. The Balaban J connectivity index is 0.802. The van der Waals surface area contributed by atoms with Crippen molar-refractivity contribution in [2.45, 2.75) is 76.9 Å². The van der Waals surface area contributed by atoms with Crippen LogP contribution in [0.2, 0.25) is 0 Å². The summed E-state index contributed by atoms with van der Waals surface area (Å²) in [5.41, 5.74) is 5.43. The number of carbonyl (C=O) groups excluding carboxylic acids is 4. The highest BCUT2D eigenvalue weighted by Crippen LogP contribution is 2.40. The Morgan fingerprint density at radius 3 is 2.56 bits per heavy atom. The molecule has 328 valence electrons. The number of piperidine rings is 1. The van der Waals surface area contributed by atoms with E-state index in [0.29, 0.717) is 80.2 Å². The predicted molar refractivity (Wildman–Crippen MR) is 230 cm³/mol. The third kappa shape index (κ3) is 7.69.